The van der Waals surface area contributed by atoms with E-state index in [1.807, 2.05) is 0 Å². The largest absolute Gasteiger partial charge is 0.496 e. The second-order valence-corrected chi connectivity index (χ2v) is 6.00. The van der Waals surface area contributed by atoms with Crippen LogP contribution in [0.25, 0.3) is 0 Å². The van der Waals surface area contributed by atoms with Crippen molar-refractivity contribution in [3.05, 3.63) is 22.2 Å². The summed E-state index contributed by atoms with van der Waals surface area (Å²) < 4.78 is 27.9. The molecule has 0 fully saturated rings. The molecule has 0 atom stereocenters. The van der Waals surface area contributed by atoms with Gasteiger partial charge in [0.25, 0.3) is 9.05 Å². The van der Waals surface area contributed by atoms with E-state index in [0.29, 0.717) is 15.8 Å². The fraction of sp³-hybridized carbons (Fsp3) is 0.250. The minimum atomic E-state index is -3.75. The molecule has 0 saturated heterocycles. The van der Waals surface area contributed by atoms with Crippen LogP contribution in [0.15, 0.2) is 21.5 Å². The number of hydrogen-bond acceptors (Lipinski definition) is 3. The predicted molar refractivity (Wildman–Crippen MR) is 58.5 cm³/mol. The van der Waals surface area contributed by atoms with E-state index in [2.05, 4.69) is 15.9 Å². The summed E-state index contributed by atoms with van der Waals surface area (Å²) in [6.07, 6.45) is 0. The highest BCUT2D eigenvalue weighted by molar-refractivity contribution is 9.10. The maximum Gasteiger partial charge on any atom is 0.262 e. The van der Waals surface area contributed by atoms with Crippen LogP contribution >= 0.6 is 26.6 Å². The van der Waals surface area contributed by atoms with Gasteiger partial charge in [-0.3, -0.25) is 0 Å². The zero-order chi connectivity index (χ0) is 10.9. The van der Waals surface area contributed by atoms with Crippen LogP contribution in [0.4, 0.5) is 0 Å². The lowest BCUT2D eigenvalue weighted by Gasteiger charge is -2.09. The summed E-state index contributed by atoms with van der Waals surface area (Å²) in [5, 5.41) is 0. The molecule has 1 rings (SSSR count). The molecule has 0 unspecified atom stereocenters. The SMILES string of the molecule is COc1ccc(Br)c(S(=O)(=O)Cl)c1C. The maximum absolute atomic E-state index is 11.2. The van der Waals surface area contributed by atoms with Gasteiger partial charge in [-0.25, -0.2) is 8.42 Å². The van der Waals surface area contributed by atoms with Gasteiger partial charge in [0.05, 0.1) is 7.11 Å². The Kier molecular flexibility index (Phi) is 3.44. The van der Waals surface area contributed by atoms with Crippen LogP contribution in [0.5, 0.6) is 5.75 Å². The number of rotatable bonds is 2. The molecule has 0 aliphatic heterocycles. The molecule has 0 heterocycles. The number of hydrogen-bond donors (Lipinski definition) is 0. The minimum absolute atomic E-state index is 0.0542. The smallest absolute Gasteiger partial charge is 0.262 e. The van der Waals surface area contributed by atoms with E-state index in [0.717, 1.165) is 0 Å². The molecule has 0 aliphatic carbocycles. The van der Waals surface area contributed by atoms with Gasteiger partial charge in [-0.1, -0.05) is 0 Å². The normalized spacial score (nSPS) is 11.4. The summed E-state index contributed by atoms with van der Waals surface area (Å²) >= 11 is 3.13. The van der Waals surface area contributed by atoms with E-state index in [1.54, 1.807) is 19.1 Å². The topological polar surface area (TPSA) is 43.4 Å². The molecule has 1 aromatic carbocycles. The fourth-order valence-electron chi connectivity index (χ4n) is 1.16. The van der Waals surface area contributed by atoms with Gasteiger partial charge in [0.15, 0.2) is 0 Å². The number of halogens is 2. The lowest BCUT2D eigenvalue weighted by atomic mass is 10.2. The van der Waals surface area contributed by atoms with Crippen LogP contribution < -0.4 is 4.74 Å². The first-order valence-electron chi connectivity index (χ1n) is 3.65. The van der Waals surface area contributed by atoms with Crippen molar-refractivity contribution in [2.75, 3.05) is 7.11 Å². The average Bonchev–Trinajstić information content (AvgIpc) is 2.02. The Balaban J connectivity index is 3.57. The third-order valence-electron chi connectivity index (χ3n) is 1.77. The zero-order valence-electron chi connectivity index (χ0n) is 7.54. The Morgan fingerprint density at radius 2 is 2.00 bits per heavy atom. The van der Waals surface area contributed by atoms with Gasteiger partial charge >= 0.3 is 0 Å². The molecule has 0 spiro atoms. The third-order valence-corrected chi connectivity index (χ3v) is 4.17. The Bertz CT molecular complexity index is 456. The Hall–Kier alpha value is -0.260. The Morgan fingerprint density at radius 3 is 2.43 bits per heavy atom. The molecule has 78 valence electrons. The molecule has 0 aromatic heterocycles. The molecule has 0 saturated carbocycles. The summed E-state index contributed by atoms with van der Waals surface area (Å²) in [5.74, 6) is 0.493. The number of benzene rings is 1. The van der Waals surface area contributed by atoms with Crippen molar-refractivity contribution in [3.63, 3.8) is 0 Å². The van der Waals surface area contributed by atoms with E-state index < -0.39 is 9.05 Å². The molecule has 14 heavy (non-hydrogen) atoms. The summed E-state index contributed by atoms with van der Waals surface area (Å²) in [4.78, 5) is 0.0542. The van der Waals surface area contributed by atoms with E-state index in [-0.39, 0.29) is 4.90 Å². The van der Waals surface area contributed by atoms with Crippen LogP contribution in [0.1, 0.15) is 5.56 Å². The van der Waals surface area contributed by atoms with Gasteiger partial charge < -0.3 is 4.74 Å². The van der Waals surface area contributed by atoms with Crippen molar-refractivity contribution in [2.24, 2.45) is 0 Å². The van der Waals surface area contributed by atoms with Crippen molar-refractivity contribution in [1.82, 2.24) is 0 Å². The fourth-order valence-corrected chi connectivity index (χ4v) is 3.87. The van der Waals surface area contributed by atoms with Crippen molar-refractivity contribution in [2.45, 2.75) is 11.8 Å². The molecule has 0 aliphatic rings. The number of ether oxygens (including phenoxy) is 1. The second kappa shape index (κ2) is 4.08. The van der Waals surface area contributed by atoms with Gasteiger partial charge in [-0.15, -0.1) is 0 Å². The van der Waals surface area contributed by atoms with Crippen molar-refractivity contribution >= 4 is 35.7 Å². The molecule has 6 heteroatoms. The second-order valence-electron chi connectivity index (χ2n) is 2.64. The first-order valence-corrected chi connectivity index (χ1v) is 6.76. The van der Waals surface area contributed by atoms with Crippen LogP contribution in [-0.4, -0.2) is 15.5 Å². The van der Waals surface area contributed by atoms with Gasteiger partial charge in [0.2, 0.25) is 0 Å². The minimum Gasteiger partial charge on any atom is -0.496 e. The van der Waals surface area contributed by atoms with Crippen molar-refractivity contribution in [3.8, 4) is 5.75 Å². The van der Waals surface area contributed by atoms with Crippen LogP contribution in [-0.2, 0) is 9.05 Å². The van der Waals surface area contributed by atoms with Crippen LogP contribution in [0.2, 0.25) is 0 Å². The summed E-state index contributed by atoms with van der Waals surface area (Å²) in [6, 6.07) is 3.26. The highest BCUT2D eigenvalue weighted by Gasteiger charge is 2.19. The quantitative estimate of drug-likeness (QED) is 0.789. The molecule has 0 radical (unpaired) electrons. The first-order chi connectivity index (χ1) is 6.38. The van der Waals surface area contributed by atoms with E-state index >= 15 is 0 Å². The highest BCUT2D eigenvalue weighted by Crippen LogP contribution is 2.33. The van der Waals surface area contributed by atoms with Gasteiger partial charge in [-0.05, 0) is 35.0 Å². The van der Waals surface area contributed by atoms with Crippen LogP contribution in [0.3, 0.4) is 0 Å². The first kappa shape index (κ1) is 11.8. The van der Waals surface area contributed by atoms with Gasteiger partial charge in [-0.2, -0.15) is 0 Å². The van der Waals surface area contributed by atoms with Gasteiger partial charge in [0.1, 0.15) is 10.6 Å². The highest BCUT2D eigenvalue weighted by atomic mass is 79.9. The van der Waals surface area contributed by atoms with E-state index in [1.165, 1.54) is 7.11 Å². The van der Waals surface area contributed by atoms with Crippen molar-refractivity contribution in [1.29, 1.82) is 0 Å². The Labute approximate surface area is 95.6 Å². The molecule has 0 bridgehead atoms. The molecule has 0 amide bonds. The summed E-state index contributed by atoms with van der Waals surface area (Å²) in [5.41, 5.74) is 0.497. The molecular formula is C8H8BrClO3S. The van der Waals surface area contributed by atoms with E-state index in [9.17, 15) is 8.42 Å². The van der Waals surface area contributed by atoms with Crippen LogP contribution in [0, 0.1) is 6.92 Å². The lowest BCUT2D eigenvalue weighted by Crippen LogP contribution is -1.98. The summed E-state index contributed by atoms with van der Waals surface area (Å²) in [6.45, 7) is 1.64. The molecule has 3 nitrogen and oxygen atoms in total. The average molecular weight is 300 g/mol. The Morgan fingerprint density at radius 1 is 1.43 bits per heavy atom. The molecule has 0 N–H and O–H groups in total. The predicted octanol–water partition coefficient (Wildman–Crippen LogP) is 2.69. The lowest BCUT2D eigenvalue weighted by molar-refractivity contribution is 0.410. The zero-order valence-corrected chi connectivity index (χ0v) is 10.7. The summed E-state index contributed by atoms with van der Waals surface area (Å²) in [7, 11) is 3.01. The van der Waals surface area contributed by atoms with Gasteiger partial charge in [0, 0.05) is 20.7 Å². The third kappa shape index (κ3) is 2.21. The standard InChI is InChI=1S/C8H8BrClO3S/c1-5-7(13-2)4-3-6(9)8(5)14(10,11)12/h3-4H,1-2H3. The maximum atomic E-state index is 11.2. The van der Waals surface area contributed by atoms with E-state index in [4.69, 9.17) is 15.4 Å². The molecule has 1 aromatic rings. The molecular weight excluding hydrogens is 292 g/mol. The van der Waals surface area contributed by atoms with Crippen molar-refractivity contribution < 1.29 is 13.2 Å². The monoisotopic (exact) mass is 298 g/mol. The number of methoxy groups -OCH3 is 1.